The molecule has 3 atom stereocenters. The Balaban J connectivity index is 0.00000116. The summed E-state index contributed by atoms with van der Waals surface area (Å²) in [7, 11) is -0.816. The number of amides is 1. The van der Waals surface area contributed by atoms with Crippen LogP contribution in [0.2, 0.25) is 0 Å². The highest BCUT2D eigenvalue weighted by atomic mass is 32.2. The number of hydrogen-bond donors (Lipinski definition) is 0. The van der Waals surface area contributed by atoms with E-state index in [0.717, 1.165) is 57.3 Å². The monoisotopic (exact) mass is 566 g/mol. The van der Waals surface area contributed by atoms with E-state index in [-0.39, 0.29) is 11.5 Å². The summed E-state index contributed by atoms with van der Waals surface area (Å²) in [5.74, 6) is -0.599. The third-order valence-electron chi connectivity index (χ3n) is 6.73. The molecule has 1 fully saturated rings. The molecular weight excluding hydrogens is 518 g/mol. The van der Waals surface area contributed by atoms with Crippen molar-refractivity contribution in [3.63, 3.8) is 0 Å². The van der Waals surface area contributed by atoms with Crippen LogP contribution in [0.3, 0.4) is 0 Å². The zero-order valence-corrected chi connectivity index (χ0v) is 25.9. The molecule has 0 saturated carbocycles. The standard InChI is InChI=1S/C24H34F2N4O2S.C4H8.C2H6/c1-5-6-9-24(3)17-22(20-16-19(25)7-8-21(20)26)27-30(24)23(31)18(2)29-12-10-28(11-13-29)14-15-33(4)32;1-3-4-2;1-2/h6-9,16,18H,5,10-15,17H2,1-4H3;3-4H,1-2H3;1-2H3/b9-6+;4-3-;. The molecule has 2 heterocycles. The molecule has 39 heavy (non-hydrogen) atoms. The fourth-order valence-electron chi connectivity index (χ4n) is 4.32. The molecule has 2 aliphatic rings. The lowest BCUT2D eigenvalue weighted by atomic mass is 9.91. The lowest BCUT2D eigenvalue weighted by molar-refractivity contribution is -0.140. The summed E-state index contributed by atoms with van der Waals surface area (Å²) < 4.78 is 39.6. The van der Waals surface area contributed by atoms with Gasteiger partial charge in [-0.15, -0.1) is 0 Å². The summed E-state index contributed by atoms with van der Waals surface area (Å²) in [5, 5.41) is 5.97. The Bertz CT molecular complexity index is 1020. The van der Waals surface area contributed by atoms with Gasteiger partial charge in [0.25, 0.3) is 5.91 Å². The van der Waals surface area contributed by atoms with Crippen molar-refractivity contribution in [1.29, 1.82) is 0 Å². The van der Waals surface area contributed by atoms with Crippen molar-refractivity contribution in [2.45, 2.75) is 72.9 Å². The van der Waals surface area contributed by atoms with E-state index < -0.39 is 34.0 Å². The maximum absolute atomic E-state index is 14.5. The predicted octanol–water partition coefficient (Wildman–Crippen LogP) is 5.62. The Labute approximate surface area is 237 Å². The van der Waals surface area contributed by atoms with E-state index in [1.807, 2.05) is 72.8 Å². The number of carbonyl (C=O) groups is 1. The number of allylic oxidation sites excluding steroid dienone is 3. The maximum atomic E-state index is 14.5. The number of piperazine rings is 1. The smallest absolute Gasteiger partial charge is 0.260 e. The van der Waals surface area contributed by atoms with Crippen LogP contribution >= 0.6 is 0 Å². The van der Waals surface area contributed by atoms with Crippen molar-refractivity contribution < 1.29 is 17.8 Å². The van der Waals surface area contributed by atoms with Crippen molar-refractivity contribution in [3.8, 4) is 0 Å². The zero-order valence-electron chi connectivity index (χ0n) is 25.0. The van der Waals surface area contributed by atoms with Gasteiger partial charge in [-0.25, -0.2) is 13.8 Å². The van der Waals surface area contributed by atoms with E-state index in [1.165, 1.54) is 5.01 Å². The molecule has 3 rings (SSSR count). The Hall–Kier alpha value is -2.23. The predicted molar refractivity (Wildman–Crippen MR) is 160 cm³/mol. The summed E-state index contributed by atoms with van der Waals surface area (Å²) >= 11 is 0. The number of carbonyl (C=O) groups excluding carboxylic acids is 1. The molecule has 0 aromatic heterocycles. The lowest BCUT2D eigenvalue weighted by Gasteiger charge is -2.39. The number of hydrogen-bond acceptors (Lipinski definition) is 5. The molecule has 0 spiro atoms. The largest absolute Gasteiger partial charge is 0.300 e. The van der Waals surface area contributed by atoms with Gasteiger partial charge in [0.1, 0.15) is 11.6 Å². The third kappa shape index (κ3) is 10.4. The second kappa shape index (κ2) is 17.5. The van der Waals surface area contributed by atoms with Crippen molar-refractivity contribution in [3.05, 3.63) is 59.7 Å². The molecule has 0 N–H and O–H groups in total. The molecule has 1 aromatic rings. The van der Waals surface area contributed by atoms with Gasteiger partial charge >= 0.3 is 0 Å². The molecule has 3 unspecified atom stereocenters. The van der Waals surface area contributed by atoms with Crippen LogP contribution < -0.4 is 0 Å². The molecule has 0 bridgehead atoms. The van der Waals surface area contributed by atoms with Crippen LogP contribution in [0.4, 0.5) is 8.78 Å². The minimum Gasteiger partial charge on any atom is -0.300 e. The Morgan fingerprint density at radius 2 is 1.77 bits per heavy atom. The van der Waals surface area contributed by atoms with Crippen molar-refractivity contribution in [1.82, 2.24) is 14.8 Å². The van der Waals surface area contributed by atoms with Gasteiger partial charge in [-0.2, -0.15) is 5.10 Å². The first-order valence-corrected chi connectivity index (χ1v) is 15.7. The molecule has 1 saturated heterocycles. The van der Waals surface area contributed by atoms with Gasteiger partial charge in [0.2, 0.25) is 0 Å². The first kappa shape index (κ1) is 34.8. The van der Waals surface area contributed by atoms with Gasteiger partial charge < -0.3 is 0 Å². The Kier molecular flexibility index (Phi) is 15.6. The fraction of sp³-hybridized carbons (Fsp3) is 0.600. The zero-order chi connectivity index (χ0) is 29.6. The highest BCUT2D eigenvalue weighted by Crippen LogP contribution is 2.33. The minimum absolute atomic E-state index is 0.0935. The number of halogens is 2. The van der Waals surface area contributed by atoms with E-state index in [9.17, 15) is 17.8 Å². The number of benzene rings is 1. The van der Waals surface area contributed by atoms with Gasteiger partial charge in [-0.1, -0.05) is 45.1 Å². The van der Waals surface area contributed by atoms with Crippen LogP contribution in [-0.2, 0) is 15.6 Å². The molecule has 2 aliphatic heterocycles. The average Bonchev–Trinajstić information content (AvgIpc) is 3.29. The van der Waals surface area contributed by atoms with E-state index in [4.69, 9.17) is 0 Å². The number of hydrazone groups is 1. The van der Waals surface area contributed by atoms with Gasteiger partial charge in [0, 0.05) is 67.5 Å². The number of nitrogens with zero attached hydrogens (tertiary/aromatic N) is 4. The topological polar surface area (TPSA) is 56.2 Å². The van der Waals surface area contributed by atoms with Crippen LogP contribution in [0.1, 0.15) is 66.9 Å². The first-order chi connectivity index (χ1) is 18.6. The van der Waals surface area contributed by atoms with Crippen LogP contribution in [0.5, 0.6) is 0 Å². The van der Waals surface area contributed by atoms with Crippen molar-refractivity contribution in [2.24, 2.45) is 5.10 Å². The fourth-order valence-corrected chi connectivity index (χ4v) is 4.83. The van der Waals surface area contributed by atoms with Gasteiger partial charge in [-0.05, 0) is 52.3 Å². The quantitative estimate of drug-likeness (QED) is 0.384. The summed E-state index contributed by atoms with van der Waals surface area (Å²) in [6.07, 6.45) is 10.7. The molecule has 6 nitrogen and oxygen atoms in total. The van der Waals surface area contributed by atoms with Crippen LogP contribution in [0.15, 0.2) is 47.6 Å². The highest BCUT2D eigenvalue weighted by Gasteiger charge is 2.43. The number of rotatable bonds is 8. The summed E-state index contributed by atoms with van der Waals surface area (Å²) in [4.78, 5) is 18.0. The second-order valence-corrected chi connectivity index (χ2v) is 11.2. The van der Waals surface area contributed by atoms with Gasteiger partial charge in [-0.3, -0.25) is 18.8 Å². The molecule has 1 aromatic carbocycles. The van der Waals surface area contributed by atoms with Gasteiger partial charge in [0.05, 0.1) is 17.3 Å². The van der Waals surface area contributed by atoms with E-state index in [0.29, 0.717) is 17.9 Å². The van der Waals surface area contributed by atoms with Gasteiger partial charge in [0.15, 0.2) is 0 Å². The molecule has 220 valence electrons. The molecule has 9 heteroatoms. The van der Waals surface area contributed by atoms with Crippen molar-refractivity contribution >= 4 is 22.4 Å². The normalized spacial score (nSPS) is 21.7. The highest BCUT2D eigenvalue weighted by molar-refractivity contribution is 7.84. The minimum atomic E-state index is -0.816. The Morgan fingerprint density at radius 1 is 1.15 bits per heavy atom. The van der Waals surface area contributed by atoms with Crippen molar-refractivity contribution in [2.75, 3.05) is 44.7 Å². The summed E-state index contributed by atoms with van der Waals surface area (Å²) in [5.41, 5.74) is -0.285. The molecule has 1 amide bonds. The maximum Gasteiger partial charge on any atom is 0.260 e. The second-order valence-electron chi connectivity index (χ2n) is 9.66. The Morgan fingerprint density at radius 3 is 2.31 bits per heavy atom. The molecule has 0 aliphatic carbocycles. The van der Waals surface area contributed by atoms with Crippen LogP contribution in [0, 0.1) is 11.6 Å². The summed E-state index contributed by atoms with van der Waals surface area (Å²) in [6.45, 7) is 17.7. The first-order valence-electron chi connectivity index (χ1n) is 13.9. The summed E-state index contributed by atoms with van der Waals surface area (Å²) in [6, 6.07) is 2.90. The lowest BCUT2D eigenvalue weighted by Crippen LogP contribution is -2.56. The SMILES string of the molecule is C/C=C\C.CC.CC/C=C/C1(C)CC(c2cc(F)ccc2F)=NN1C(=O)C(C)N1CCN(CCS(C)=O)CC1. The van der Waals surface area contributed by atoms with Crippen LogP contribution in [-0.4, -0.2) is 86.9 Å². The van der Waals surface area contributed by atoms with E-state index >= 15 is 0 Å². The van der Waals surface area contributed by atoms with E-state index in [1.54, 1.807) is 6.26 Å². The molecule has 0 radical (unpaired) electrons. The molecular formula is C30H48F2N4O2S. The average molecular weight is 567 g/mol. The van der Waals surface area contributed by atoms with E-state index in [2.05, 4.69) is 14.9 Å². The van der Waals surface area contributed by atoms with Crippen LogP contribution in [0.25, 0.3) is 0 Å². The third-order valence-corrected chi connectivity index (χ3v) is 7.49.